The molecule has 1 heterocycles. The number of nitrogens with one attached hydrogen (secondary N) is 2. The summed E-state index contributed by atoms with van der Waals surface area (Å²) in [6.45, 7) is 2.72. The van der Waals surface area contributed by atoms with Gasteiger partial charge in [0.1, 0.15) is 17.1 Å². The number of hydrogen-bond acceptors (Lipinski definition) is 6. The standard InChI is InChI=1S/C18H20F4N6O3S/c1-10(23)28-17(2,9-32(30,31)24-3)12-8-11(4-5-13(12)19)26-16(29)15-25-7-6-14(27-15)18(20,21)22/h4-8,24H,9H2,1-3H3,(H2,23,28)(H,26,29)/t17-/m0/s1. The van der Waals surface area contributed by atoms with Crippen LogP contribution in [0.4, 0.5) is 23.2 Å². The summed E-state index contributed by atoms with van der Waals surface area (Å²) in [5.74, 6) is -3.38. The minimum absolute atomic E-state index is 0.0231. The van der Waals surface area contributed by atoms with Gasteiger partial charge in [-0.25, -0.2) is 27.5 Å². The van der Waals surface area contributed by atoms with Gasteiger partial charge in [-0.3, -0.25) is 9.79 Å². The summed E-state index contributed by atoms with van der Waals surface area (Å²) < 4.78 is 79.4. The Balaban J connectivity index is 2.45. The zero-order chi connectivity index (χ0) is 24.3. The van der Waals surface area contributed by atoms with Crippen LogP contribution in [0.25, 0.3) is 0 Å². The Kier molecular flexibility index (Phi) is 7.19. The van der Waals surface area contributed by atoms with Gasteiger partial charge >= 0.3 is 6.18 Å². The second kappa shape index (κ2) is 9.16. The van der Waals surface area contributed by atoms with Crippen LogP contribution in [-0.2, 0) is 21.7 Å². The summed E-state index contributed by atoms with van der Waals surface area (Å²) in [5, 5.41) is 2.26. The lowest BCUT2D eigenvalue weighted by Crippen LogP contribution is -2.37. The van der Waals surface area contributed by atoms with E-state index in [9.17, 15) is 30.8 Å². The first kappa shape index (κ1) is 25.1. The topological polar surface area (TPSA) is 139 Å². The first-order chi connectivity index (χ1) is 14.7. The van der Waals surface area contributed by atoms with E-state index >= 15 is 0 Å². The van der Waals surface area contributed by atoms with Crippen molar-refractivity contribution in [3.05, 3.63) is 53.4 Å². The van der Waals surface area contributed by atoms with E-state index in [-0.39, 0.29) is 17.1 Å². The second-order valence-corrected chi connectivity index (χ2v) is 8.83. The number of halogens is 4. The van der Waals surface area contributed by atoms with Gasteiger partial charge in [0, 0.05) is 17.4 Å². The molecule has 2 aromatic rings. The Bertz CT molecular complexity index is 1150. The fraction of sp³-hybridized carbons (Fsp3) is 0.333. The molecule has 1 atom stereocenters. The van der Waals surface area contributed by atoms with Crippen LogP contribution in [0.2, 0.25) is 0 Å². The molecule has 1 amide bonds. The number of carbonyl (C=O) groups excluding carboxylic acids is 1. The predicted molar refractivity (Wildman–Crippen MR) is 109 cm³/mol. The number of anilines is 1. The number of carbonyl (C=O) groups is 1. The fourth-order valence-corrected chi connectivity index (χ4v) is 3.93. The van der Waals surface area contributed by atoms with Crippen molar-refractivity contribution in [1.82, 2.24) is 14.7 Å². The highest BCUT2D eigenvalue weighted by atomic mass is 32.2. The summed E-state index contributed by atoms with van der Waals surface area (Å²) in [7, 11) is -2.70. The van der Waals surface area contributed by atoms with Gasteiger partial charge in [-0.1, -0.05) is 0 Å². The van der Waals surface area contributed by atoms with E-state index in [1.54, 1.807) is 0 Å². The highest BCUT2D eigenvalue weighted by Crippen LogP contribution is 2.32. The van der Waals surface area contributed by atoms with Gasteiger partial charge in [0.05, 0.1) is 11.6 Å². The molecular formula is C18H20F4N6O3S. The molecule has 2 rings (SSSR count). The third-order valence-corrected chi connectivity index (χ3v) is 5.72. The molecule has 14 heteroatoms. The quantitative estimate of drug-likeness (QED) is 0.317. The molecular weight excluding hydrogens is 456 g/mol. The molecule has 0 saturated carbocycles. The first-order valence-corrected chi connectivity index (χ1v) is 10.6. The van der Waals surface area contributed by atoms with Gasteiger partial charge in [0.25, 0.3) is 5.91 Å². The van der Waals surface area contributed by atoms with E-state index in [4.69, 9.17) is 5.73 Å². The Hall–Kier alpha value is -3.13. The van der Waals surface area contributed by atoms with Crippen molar-refractivity contribution in [3.8, 4) is 0 Å². The first-order valence-electron chi connectivity index (χ1n) is 8.91. The lowest BCUT2D eigenvalue weighted by atomic mass is 9.93. The molecule has 0 bridgehead atoms. The summed E-state index contributed by atoms with van der Waals surface area (Å²) in [5.41, 5.74) is 2.34. The van der Waals surface area contributed by atoms with Gasteiger partial charge in [-0.15, -0.1) is 0 Å². The molecule has 174 valence electrons. The summed E-state index contributed by atoms with van der Waals surface area (Å²) >= 11 is 0. The number of nitrogens with zero attached hydrogens (tertiary/aromatic N) is 3. The third-order valence-electron chi connectivity index (χ3n) is 4.16. The maximum atomic E-state index is 14.7. The number of aliphatic imine (C=N–C) groups is 1. The van der Waals surface area contributed by atoms with Crippen molar-refractivity contribution in [2.24, 2.45) is 10.7 Å². The van der Waals surface area contributed by atoms with Gasteiger partial charge in [-0.05, 0) is 45.2 Å². The molecule has 9 nitrogen and oxygen atoms in total. The minimum atomic E-state index is -4.78. The highest BCUT2D eigenvalue weighted by molar-refractivity contribution is 7.89. The molecule has 0 aliphatic carbocycles. The normalized spacial score (nSPS) is 14.7. The average molecular weight is 476 g/mol. The van der Waals surface area contributed by atoms with Crippen molar-refractivity contribution < 1.29 is 30.8 Å². The largest absolute Gasteiger partial charge is 0.433 e. The van der Waals surface area contributed by atoms with Gasteiger partial charge < -0.3 is 11.1 Å². The second-order valence-electron chi connectivity index (χ2n) is 6.90. The Morgan fingerprint density at radius 1 is 1.25 bits per heavy atom. The number of benzene rings is 1. The molecule has 0 unspecified atom stereocenters. The summed E-state index contributed by atoms with van der Waals surface area (Å²) in [6, 6.07) is 3.80. The van der Waals surface area contributed by atoms with E-state index < -0.39 is 50.7 Å². The van der Waals surface area contributed by atoms with E-state index in [0.717, 1.165) is 24.4 Å². The van der Waals surface area contributed by atoms with Crippen molar-refractivity contribution in [2.75, 3.05) is 18.1 Å². The smallest absolute Gasteiger partial charge is 0.388 e. The number of nitrogens with two attached hydrogens (primary N) is 1. The molecule has 1 aromatic heterocycles. The van der Waals surface area contributed by atoms with Gasteiger partial charge in [0.2, 0.25) is 15.8 Å². The number of rotatable bonds is 7. The molecule has 0 radical (unpaired) electrons. The Labute approximate surface area is 181 Å². The molecule has 1 aromatic carbocycles. The number of alkyl halides is 3. The van der Waals surface area contributed by atoms with Gasteiger partial charge in [-0.2, -0.15) is 13.2 Å². The van der Waals surface area contributed by atoms with Crippen molar-refractivity contribution >= 4 is 27.5 Å². The number of hydrogen-bond donors (Lipinski definition) is 3. The SMILES string of the molecule is CNS(=O)(=O)C[C@](C)(N=C(C)N)c1cc(NC(=O)c2nccc(C(F)(F)F)n2)ccc1F. The zero-order valence-corrected chi connectivity index (χ0v) is 18.0. The van der Waals surface area contributed by atoms with Crippen molar-refractivity contribution in [3.63, 3.8) is 0 Å². The number of amidine groups is 1. The molecule has 4 N–H and O–H groups in total. The van der Waals surface area contributed by atoms with Crippen LogP contribution in [0.15, 0.2) is 35.5 Å². The van der Waals surface area contributed by atoms with Crippen molar-refractivity contribution in [2.45, 2.75) is 25.6 Å². The number of aromatic nitrogens is 2. The van der Waals surface area contributed by atoms with Crippen molar-refractivity contribution in [1.29, 1.82) is 0 Å². The lowest BCUT2D eigenvalue weighted by Gasteiger charge is -2.27. The maximum absolute atomic E-state index is 14.7. The Morgan fingerprint density at radius 3 is 2.47 bits per heavy atom. The minimum Gasteiger partial charge on any atom is -0.388 e. The molecule has 32 heavy (non-hydrogen) atoms. The van der Waals surface area contributed by atoms with Crippen LogP contribution in [0.1, 0.15) is 35.7 Å². The van der Waals surface area contributed by atoms with Crippen LogP contribution < -0.4 is 15.8 Å². The maximum Gasteiger partial charge on any atom is 0.433 e. The lowest BCUT2D eigenvalue weighted by molar-refractivity contribution is -0.141. The molecule has 0 aliphatic rings. The summed E-state index contributed by atoms with van der Waals surface area (Å²) in [4.78, 5) is 23.1. The molecule has 0 saturated heterocycles. The molecule has 0 aliphatic heterocycles. The van der Waals surface area contributed by atoms with Crippen LogP contribution in [0.5, 0.6) is 0 Å². The Morgan fingerprint density at radius 2 is 1.91 bits per heavy atom. The van der Waals surface area contributed by atoms with Gasteiger partial charge in [0.15, 0.2) is 0 Å². The molecule has 0 spiro atoms. The van der Waals surface area contributed by atoms with E-state index in [1.165, 1.54) is 20.9 Å². The monoisotopic (exact) mass is 476 g/mol. The van der Waals surface area contributed by atoms with Crippen LogP contribution >= 0.6 is 0 Å². The van der Waals surface area contributed by atoms with Crippen LogP contribution in [0, 0.1) is 5.82 Å². The molecule has 0 fully saturated rings. The average Bonchev–Trinajstić information content (AvgIpc) is 2.67. The van der Waals surface area contributed by atoms with E-state index in [0.29, 0.717) is 6.07 Å². The van der Waals surface area contributed by atoms with E-state index in [2.05, 4.69) is 25.0 Å². The van der Waals surface area contributed by atoms with Crippen LogP contribution in [-0.4, -0.2) is 42.9 Å². The van der Waals surface area contributed by atoms with Crippen LogP contribution in [0.3, 0.4) is 0 Å². The van der Waals surface area contributed by atoms with E-state index in [1.807, 2.05) is 0 Å². The number of amides is 1. The fourth-order valence-electron chi connectivity index (χ4n) is 2.83. The number of sulfonamides is 1. The predicted octanol–water partition coefficient (Wildman–Crippen LogP) is 2.03. The highest BCUT2D eigenvalue weighted by Gasteiger charge is 2.35. The zero-order valence-electron chi connectivity index (χ0n) is 17.2. The third kappa shape index (κ3) is 6.20. The summed E-state index contributed by atoms with van der Waals surface area (Å²) in [6.07, 6.45) is -4.00.